The normalized spacial score (nSPS) is 11.8. The topological polar surface area (TPSA) is 69.9 Å². The number of nitrogens with one attached hydrogen (secondary N) is 1. The molecule has 1 aromatic carbocycles. The van der Waals surface area contributed by atoms with Crippen LogP contribution in [0, 0.1) is 0 Å². The number of hydrogen-bond acceptors (Lipinski definition) is 5. The SMILES string of the molecule is COCc1ccc(C(=O)NC(C)c2ccc(OC)c(OC)c2)o1. The van der Waals surface area contributed by atoms with E-state index < -0.39 is 0 Å². The molecule has 0 saturated heterocycles. The smallest absolute Gasteiger partial charge is 0.287 e. The zero-order valence-corrected chi connectivity index (χ0v) is 13.7. The van der Waals surface area contributed by atoms with Gasteiger partial charge in [0.15, 0.2) is 17.3 Å². The first-order valence-corrected chi connectivity index (χ1v) is 7.19. The monoisotopic (exact) mass is 319 g/mol. The van der Waals surface area contributed by atoms with Gasteiger partial charge in [0.1, 0.15) is 12.4 Å². The molecule has 0 aliphatic rings. The molecule has 1 amide bonds. The predicted molar refractivity (Wildman–Crippen MR) is 84.8 cm³/mol. The number of benzene rings is 1. The summed E-state index contributed by atoms with van der Waals surface area (Å²) >= 11 is 0. The van der Waals surface area contributed by atoms with Gasteiger partial charge in [0, 0.05) is 7.11 Å². The second kappa shape index (κ2) is 7.69. The number of carbonyl (C=O) groups excluding carboxylic acids is 1. The predicted octanol–water partition coefficient (Wildman–Crippen LogP) is 2.93. The van der Waals surface area contributed by atoms with Crippen molar-refractivity contribution in [1.82, 2.24) is 5.32 Å². The summed E-state index contributed by atoms with van der Waals surface area (Å²) in [6, 6.07) is 8.66. The molecule has 1 atom stereocenters. The van der Waals surface area contributed by atoms with E-state index in [9.17, 15) is 4.79 Å². The van der Waals surface area contributed by atoms with Gasteiger partial charge in [-0.25, -0.2) is 0 Å². The zero-order valence-electron chi connectivity index (χ0n) is 13.7. The average Bonchev–Trinajstić information content (AvgIpc) is 3.03. The van der Waals surface area contributed by atoms with E-state index in [1.807, 2.05) is 19.1 Å². The molecule has 1 heterocycles. The maximum Gasteiger partial charge on any atom is 0.287 e. The second-order valence-corrected chi connectivity index (χ2v) is 5.01. The lowest BCUT2D eigenvalue weighted by Gasteiger charge is -2.16. The van der Waals surface area contributed by atoms with Crippen molar-refractivity contribution in [3.8, 4) is 11.5 Å². The van der Waals surface area contributed by atoms with Gasteiger partial charge >= 0.3 is 0 Å². The van der Waals surface area contributed by atoms with Gasteiger partial charge in [0.2, 0.25) is 0 Å². The van der Waals surface area contributed by atoms with E-state index in [2.05, 4.69) is 5.32 Å². The van der Waals surface area contributed by atoms with E-state index in [0.29, 0.717) is 23.9 Å². The van der Waals surface area contributed by atoms with E-state index in [4.69, 9.17) is 18.6 Å². The van der Waals surface area contributed by atoms with Crippen molar-refractivity contribution < 1.29 is 23.4 Å². The molecule has 2 rings (SSSR count). The third kappa shape index (κ3) is 4.04. The average molecular weight is 319 g/mol. The minimum Gasteiger partial charge on any atom is -0.493 e. The molecule has 0 bridgehead atoms. The van der Waals surface area contributed by atoms with Crippen LogP contribution in [0.5, 0.6) is 11.5 Å². The first-order chi connectivity index (χ1) is 11.1. The molecular formula is C17H21NO5. The molecule has 0 aliphatic heterocycles. The lowest BCUT2D eigenvalue weighted by molar-refractivity contribution is 0.0903. The molecule has 1 N–H and O–H groups in total. The largest absolute Gasteiger partial charge is 0.493 e. The molecule has 1 unspecified atom stereocenters. The number of rotatable bonds is 7. The Morgan fingerprint density at radius 2 is 1.87 bits per heavy atom. The summed E-state index contributed by atoms with van der Waals surface area (Å²) in [6.45, 7) is 2.22. The zero-order chi connectivity index (χ0) is 16.8. The Labute approximate surface area is 135 Å². The fourth-order valence-electron chi connectivity index (χ4n) is 2.19. The molecule has 0 saturated carbocycles. The van der Waals surface area contributed by atoms with Crippen LogP contribution < -0.4 is 14.8 Å². The lowest BCUT2D eigenvalue weighted by Crippen LogP contribution is -2.26. The van der Waals surface area contributed by atoms with Crippen molar-refractivity contribution in [2.45, 2.75) is 19.6 Å². The minimum atomic E-state index is -0.283. The van der Waals surface area contributed by atoms with Crippen molar-refractivity contribution in [2.24, 2.45) is 0 Å². The van der Waals surface area contributed by atoms with E-state index in [-0.39, 0.29) is 17.7 Å². The Morgan fingerprint density at radius 3 is 2.52 bits per heavy atom. The molecule has 6 heteroatoms. The molecule has 0 spiro atoms. The molecule has 1 aromatic heterocycles. The minimum absolute atomic E-state index is 0.210. The number of furan rings is 1. The van der Waals surface area contributed by atoms with Crippen molar-refractivity contribution in [1.29, 1.82) is 0 Å². The highest BCUT2D eigenvalue weighted by Crippen LogP contribution is 2.30. The first kappa shape index (κ1) is 16.9. The van der Waals surface area contributed by atoms with Gasteiger partial charge in [-0.3, -0.25) is 4.79 Å². The van der Waals surface area contributed by atoms with E-state index in [1.54, 1.807) is 39.5 Å². The number of hydrogen-bond donors (Lipinski definition) is 1. The van der Waals surface area contributed by atoms with E-state index >= 15 is 0 Å². The molecule has 124 valence electrons. The highest BCUT2D eigenvalue weighted by Gasteiger charge is 2.16. The Kier molecular flexibility index (Phi) is 5.65. The molecule has 2 aromatic rings. The van der Waals surface area contributed by atoms with Crippen LogP contribution >= 0.6 is 0 Å². The first-order valence-electron chi connectivity index (χ1n) is 7.19. The highest BCUT2D eigenvalue weighted by atomic mass is 16.5. The lowest BCUT2D eigenvalue weighted by atomic mass is 10.1. The van der Waals surface area contributed by atoms with Gasteiger partial charge in [-0.05, 0) is 36.8 Å². The third-order valence-corrected chi connectivity index (χ3v) is 3.43. The van der Waals surface area contributed by atoms with Crippen molar-refractivity contribution >= 4 is 5.91 Å². The fraction of sp³-hybridized carbons (Fsp3) is 0.353. The molecule has 23 heavy (non-hydrogen) atoms. The van der Waals surface area contributed by atoms with Gasteiger partial charge in [-0.2, -0.15) is 0 Å². The second-order valence-electron chi connectivity index (χ2n) is 5.01. The van der Waals surface area contributed by atoms with Gasteiger partial charge < -0.3 is 23.9 Å². The number of methoxy groups -OCH3 is 3. The van der Waals surface area contributed by atoms with Crippen molar-refractivity contribution in [3.05, 3.63) is 47.4 Å². The van der Waals surface area contributed by atoms with Crippen LogP contribution in [0.1, 0.15) is 34.8 Å². The summed E-state index contributed by atoms with van der Waals surface area (Å²) in [5.41, 5.74) is 0.902. The summed E-state index contributed by atoms with van der Waals surface area (Å²) in [5.74, 6) is 1.84. The van der Waals surface area contributed by atoms with Gasteiger partial charge in [-0.15, -0.1) is 0 Å². The van der Waals surface area contributed by atoms with Crippen molar-refractivity contribution in [2.75, 3.05) is 21.3 Å². The highest BCUT2D eigenvalue weighted by molar-refractivity contribution is 5.91. The number of ether oxygens (including phenoxy) is 3. The van der Waals surface area contributed by atoms with Crippen LogP contribution in [0.2, 0.25) is 0 Å². The summed E-state index contributed by atoms with van der Waals surface area (Å²) in [5, 5.41) is 2.89. The standard InChI is InChI=1S/C17H21NO5/c1-11(12-5-7-14(21-3)16(9-12)22-4)18-17(19)15-8-6-13(23-15)10-20-2/h5-9,11H,10H2,1-4H3,(H,18,19). The van der Waals surface area contributed by atoms with Crippen LogP contribution in [0.25, 0.3) is 0 Å². The molecular weight excluding hydrogens is 298 g/mol. The van der Waals surface area contributed by atoms with Gasteiger partial charge in [0.05, 0.1) is 20.3 Å². The maximum absolute atomic E-state index is 12.2. The summed E-state index contributed by atoms with van der Waals surface area (Å²) in [4.78, 5) is 12.2. The van der Waals surface area contributed by atoms with Gasteiger partial charge in [0.25, 0.3) is 5.91 Å². The summed E-state index contributed by atoms with van der Waals surface area (Å²) < 4.78 is 20.9. The summed E-state index contributed by atoms with van der Waals surface area (Å²) in [7, 11) is 4.73. The Hall–Kier alpha value is -2.47. The summed E-state index contributed by atoms with van der Waals surface area (Å²) in [6.07, 6.45) is 0. The Morgan fingerprint density at radius 1 is 1.13 bits per heavy atom. The number of carbonyl (C=O) groups is 1. The molecule has 6 nitrogen and oxygen atoms in total. The Balaban J connectivity index is 2.08. The van der Waals surface area contributed by atoms with Crippen LogP contribution in [0.3, 0.4) is 0 Å². The van der Waals surface area contributed by atoms with Crippen LogP contribution in [0.15, 0.2) is 34.7 Å². The molecule has 0 fully saturated rings. The fourth-order valence-corrected chi connectivity index (χ4v) is 2.19. The van der Waals surface area contributed by atoms with Crippen LogP contribution in [0.4, 0.5) is 0 Å². The van der Waals surface area contributed by atoms with E-state index in [0.717, 1.165) is 5.56 Å². The molecule has 0 radical (unpaired) electrons. The van der Waals surface area contributed by atoms with Gasteiger partial charge in [-0.1, -0.05) is 6.07 Å². The van der Waals surface area contributed by atoms with Crippen LogP contribution in [-0.2, 0) is 11.3 Å². The maximum atomic E-state index is 12.2. The Bertz CT molecular complexity index is 665. The van der Waals surface area contributed by atoms with E-state index in [1.165, 1.54) is 0 Å². The quantitative estimate of drug-likeness (QED) is 0.849. The molecule has 0 aliphatic carbocycles. The third-order valence-electron chi connectivity index (χ3n) is 3.43. The number of amides is 1. The van der Waals surface area contributed by atoms with Crippen molar-refractivity contribution in [3.63, 3.8) is 0 Å². The van der Waals surface area contributed by atoms with Crippen LogP contribution in [-0.4, -0.2) is 27.2 Å².